The van der Waals surface area contributed by atoms with Gasteiger partial charge in [0.15, 0.2) is 12.2 Å². The summed E-state index contributed by atoms with van der Waals surface area (Å²) in [4.78, 5) is 73.1. The van der Waals surface area contributed by atoms with Gasteiger partial charge in [0, 0.05) is 25.7 Å². The van der Waals surface area contributed by atoms with E-state index in [2.05, 4.69) is 55.4 Å². The summed E-state index contributed by atoms with van der Waals surface area (Å²) in [6.07, 6.45) is 58.3. The number of aliphatic hydroxyl groups is 1. The summed E-state index contributed by atoms with van der Waals surface area (Å²) in [7, 11) is -9.92. The van der Waals surface area contributed by atoms with Crippen molar-refractivity contribution in [2.45, 2.75) is 440 Å². The van der Waals surface area contributed by atoms with E-state index >= 15 is 0 Å². The lowest BCUT2D eigenvalue weighted by molar-refractivity contribution is -0.161. The molecule has 0 spiro atoms. The molecule has 0 aromatic heterocycles. The van der Waals surface area contributed by atoms with Gasteiger partial charge in [-0.15, -0.1) is 0 Å². The van der Waals surface area contributed by atoms with E-state index in [9.17, 15) is 43.2 Å². The molecule has 0 heterocycles. The average Bonchev–Trinajstić information content (AvgIpc) is 0.947. The molecule has 0 aliphatic rings. The molecule has 3 N–H and O–H groups in total. The first-order chi connectivity index (χ1) is 48.6. The Bertz CT molecular complexity index is 1970. The van der Waals surface area contributed by atoms with Crippen LogP contribution in [0.15, 0.2) is 0 Å². The molecule has 0 bridgehead atoms. The van der Waals surface area contributed by atoms with Gasteiger partial charge in [0.05, 0.1) is 26.4 Å². The first-order valence-corrected chi connectivity index (χ1v) is 45.2. The number of ether oxygens (including phenoxy) is 4. The third kappa shape index (κ3) is 76.1. The second-order valence-corrected chi connectivity index (χ2v) is 34.3. The van der Waals surface area contributed by atoms with Crippen LogP contribution in [0.1, 0.15) is 421 Å². The SMILES string of the molecule is CC(C)CCCCCCCCCCCCCCCCCCC(=O)O[C@H](COC(=O)CCCCCCCCCCCCCCCC(C)C)COP(=O)(O)OCC(O)COP(=O)(O)OC[C@@H](COC(=O)CCCCCCCCCC(C)C)OC(=O)CCCCCCCCCCCCCCCC(C)C. The van der Waals surface area contributed by atoms with Crippen LogP contribution in [0, 0.1) is 23.7 Å². The zero-order chi connectivity index (χ0) is 74.6. The Balaban J connectivity index is 5.24. The minimum atomic E-state index is -4.96. The first kappa shape index (κ1) is 99.1. The number of phosphoric acid groups is 2. The quantitative estimate of drug-likeness (QED) is 0.0222. The van der Waals surface area contributed by atoms with Crippen molar-refractivity contribution in [1.82, 2.24) is 0 Å². The van der Waals surface area contributed by atoms with Crippen LogP contribution >= 0.6 is 15.6 Å². The number of carbonyl (C=O) groups excluding carboxylic acids is 4. The van der Waals surface area contributed by atoms with Crippen LogP contribution in [0.4, 0.5) is 0 Å². The van der Waals surface area contributed by atoms with E-state index in [0.717, 1.165) is 114 Å². The van der Waals surface area contributed by atoms with Crippen molar-refractivity contribution in [3.63, 3.8) is 0 Å². The third-order valence-corrected chi connectivity index (χ3v) is 21.0. The third-order valence-electron chi connectivity index (χ3n) is 19.1. The van der Waals surface area contributed by atoms with Gasteiger partial charge in [-0.2, -0.15) is 0 Å². The van der Waals surface area contributed by atoms with Crippen molar-refractivity contribution in [1.29, 1.82) is 0 Å². The van der Waals surface area contributed by atoms with E-state index in [0.29, 0.717) is 31.6 Å². The number of phosphoric ester groups is 2. The molecule has 19 heteroatoms. The van der Waals surface area contributed by atoms with Crippen LogP contribution in [0.2, 0.25) is 0 Å². The highest BCUT2D eigenvalue weighted by atomic mass is 31.2. The zero-order valence-electron chi connectivity index (χ0n) is 66.5. The first-order valence-electron chi connectivity index (χ1n) is 42.2. The predicted octanol–water partition coefficient (Wildman–Crippen LogP) is 24.4. The van der Waals surface area contributed by atoms with Gasteiger partial charge >= 0.3 is 39.5 Å². The Hall–Kier alpha value is -1.94. The summed E-state index contributed by atoms with van der Waals surface area (Å²) in [6.45, 7) is 14.3. The van der Waals surface area contributed by atoms with Crippen LogP contribution in [-0.2, 0) is 65.4 Å². The molecule has 0 rings (SSSR count). The lowest BCUT2D eigenvalue weighted by Gasteiger charge is -2.21. The van der Waals surface area contributed by atoms with Crippen LogP contribution in [0.5, 0.6) is 0 Å². The van der Waals surface area contributed by atoms with Gasteiger partial charge in [0.2, 0.25) is 0 Å². The van der Waals surface area contributed by atoms with Crippen LogP contribution in [0.3, 0.4) is 0 Å². The van der Waals surface area contributed by atoms with Crippen molar-refractivity contribution >= 4 is 39.5 Å². The average molecular weight is 1480 g/mol. The molecule has 17 nitrogen and oxygen atoms in total. The monoisotopic (exact) mass is 1480 g/mol. The Kier molecular flexibility index (Phi) is 69.6. The maximum atomic E-state index is 13.1. The molecule has 5 atom stereocenters. The van der Waals surface area contributed by atoms with E-state index in [1.165, 1.54) is 218 Å². The van der Waals surface area contributed by atoms with Gasteiger partial charge < -0.3 is 33.8 Å². The number of esters is 4. The Morgan fingerprint density at radius 1 is 0.248 bits per heavy atom. The second kappa shape index (κ2) is 71.0. The van der Waals surface area contributed by atoms with Crippen LogP contribution in [0.25, 0.3) is 0 Å². The van der Waals surface area contributed by atoms with E-state index in [-0.39, 0.29) is 25.7 Å². The van der Waals surface area contributed by atoms with Gasteiger partial charge in [-0.05, 0) is 49.4 Å². The molecule has 0 aromatic carbocycles. The summed E-state index contributed by atoms with van der Waals surface area (Å²) in [5, 5.41) is 10.6. The summed E-state index contributed by atoms with van der Waals surface area (Å²) < 4.78 is 68.8. The summed E-state index contributed by atoms with van der Waals surface area (Å²) >= 11 is 0. The van der Waals surface area contributed by atoms with Gasteiger partial charge in [-0.1, -0.05) is 370 Å². The van der Waals surface area contributed by atoms with E-state index in [1.807, 2.05) is 0 Å². The Labute approximate surface area is 619 Å². The second-order valence-electron chi connectivity index (χ2n) is 31.4. The standard InChI is InChI=1S/C82H160O17P2/c1-72(2)58-50-42-34-27-21-15-11-9-10-12-18-25-31-39-48-56-64-81(86)98-77(68-92-79(84)62-54-46-38-30-24-19-13-16-22-28-35-43-51-59-73(3)4)70-96-100(88,89)94-66-76(83)67-95-101(90,91)97-71-78(69-93-80(85)63-55-47-41-33-37-45-53-61-75(7)8)99-82(87)65-57-49-40-32-26-20-14-17-23-29-36-44-52-60-74(5)6/h72-78,83H,9-71H2,1-8H3,(H,88,89)(H,90,91)/t76?,77-,78-/m1/s1. The summed E-state index contributed by atoms with van der Waals surface area (Å²) in [5.74, 6) is 0.979. The van der Waals surface area contributed by atoms with Crippen molar-refractivity contribution in [2.24, 2.45) is 23.7 Å². The van der Waals surface area contributed by atoms with Gasteiger partial charge in [0.1, 0.15) is 19.3 Å². The molecule has 3 unspecified atom stereocenters. The highest BCUT2D eigenvalue weighted by molar-refractivity contribution is 7.47. The molecule has 0 saturated heterocycles. The molecule has 0 amide bonds. The predicted molar refractivity (Wildman–Crippen MR) is 414 cm³/mol. The molecule has 600 valence electrons. The molecule has 0 fully saturated rings. The molecule has 0 radical (unpaired) electrons. The molecular formula is C82H160O17P2. The Morgan fingerprint density at radius 2 is 0.416 bits per heavy atom. The van der Waals surface area contributed by atoms with E-state index in [4.69, 9.17) is 37.0 Å². The number of unbranched alkanes of at least 4 members (excludes halogenated alkanes) is 45. The smallest absolute Gasteiger partial charge is 0.462 e. The van der Waals surface area contributed by atoms with E-state index < -0.39 is 97.5 Å². The molecule has 0 aromatic rings. The lowest BCUT2D eigenvalue weighted by Crippen LogP contribution is -2.30. The zero-order valence-corrected chi connectivity index (χ0v) is 68.3. The van der Waals surface area contributed by atoms with Crippen molar-refractivity contribution in [2.75, 3.05) is 39.6 Å². The minimum Gasteiger partial charge on any atom is -0.462 e. The number of hydrogen-bond acceptors (Lipinski definition) is 15. The van der Waals surface area contributed by atoms with Gasteiger partial charge in [0.25, 0.3) is 0 Å². The fraction of sp³-hybridized carbons (Fsp3) is 0.951. The minimum absolute atomic E-state index is 0.106. The van der Waals surface area contributed by atoms with Crippen molar-refractivity contribution < 1.29 is 80.2 Å². The number of rotatable bonds is 79. The lowest BCUT2D eigenvalue weighted by atomic mass is 10.0. The van der Waals surface area contributed by atoms with Crippen molar-refractivity contribution in [3.05, 3.63) is 0 Å². The molecule has 0 aliphatic carbocycles. The molecule has 101 heavy (non-hydrogen) atoms. The highest BCUT2D eigenvalue weighted by Crippen LogP contribution is 2.45. The molecular weight excluding hydrogens is 1320 g/mol. The maximum Gasteiger partial charge on any atom is 0.472 e. The van der Waals surface area contributed by atoms with Crippen LogP contribution < -0.4 is 0 Å². The maximum absolute atomic E-state index is 13.1. The summed E-state index contributed by atoms with van der Waals surface area (Å²) in [5.41, 5.74) is 0. The van der Waals surface area contributed by atoms with Crippen LogP contribution in [-0.4, -0.2) is 96.7 Å². The number of aliphatic hydroxyl groups excluding tert-OH is 1. The number of carbonyl (C=O) groups is 4. The van der Waals surface area contributed by atoms with E-state index in [1.54, 1.807) is 0 Å². The van der Waals surface area contributed by atoms with Gasteiger partial charge in [-0.3, -0.25) is 37.3 Å². The molecule has 0 aliphatic heterocycles. The highest BCUT2D eigenvalue weighted by Gasteiger charge is 2.30. The topological polar surface area (TPSA) is 237 Å². The molecule has 0 saturated carbocycles. The Morgan fingerprint density at radius 3 is 0.614 bits per heavy atom. The summed E-state index contributed by atoms with van der Waals surface area (Å²) in [6, 6.07) is 0. The fourth-order valence-electron chi connectivity index (χ4n) is 12.6. The van der Waals surface area contributed by atoms with Crippen molar-refractivity contribution in [3.8, 4) is 0 Å². The largest absolute Gasteiger partial charge is 0.472 e. The van der Waals surface area contributed by atoms with Gasteiger partial charge in [-0.25, -0.2) is 9.13 Å². The fourth-order valence-corrected chi connectivity index (χ4v) is 14.2. The normalized spacial score (nSPS) is 14.0. The number of hydrogen-bond donors (Lipinski definition) is 3.